The van der Waals surface area contributed by atoms with Crippen LogP contribution in [0.15, 0.2) is 11.4 Å². The molecule has 0 aromatic carbocycles. The molecule has 0 saturated carbocycles. The van der Waals surface area contributed by atoms with Crippen LogP contribution in [0.5, 0.6) is 0 Å². The highest BCUT2D eigenvalue weighted by Gasteiger charge is 2.26. The number of piperazine rings is 1. The Hall–Kier alpha value is -1.07. The lowest BCUT2D eigenvalue weighted by atomic mass is 10.2. The summed E-state index contributed by atoms with van der Waals surface area (Å²) in [5.41, 5.74) is 6.36. The number of rotatable bonds is 1. The van der Waals surface area contributed by atoms with Crippen LogP contribution in [0.3, 0.4) is 0 Å². The van der Waals surface area contributed by atoms with Crippen molar-refractivity contribution in [3.05, 3.63) is 16.3 Å². The lowest BCUT2D eigenvalue weighted by molar-refractivity contribution is 0.0578. The fraction of sp³-hybridized carbons (Fsp3) is 0.545. The summed E-state index contributed by atoms with van der Waals surface area (Å²) in [4.78, 5) is 17.0. The molecule has 0 spiro atoms. The Morgan fingerprint density at radius 1 is 1.56 bits per heavy atom. The lowest BCUT2D eigenvalue weighted by Gasteiger charge is -2.37. The van der Waals surface area contributed by atoms with Gasteiger partial charge < -0.3 is 15.5 Å². The SMILES string of the molecule is CC1CN(C(=O)c2sccc2N)CCN1C. The Labute approximate surface area is 99.6 Å². The van der Waals surface area contributed by atoms with Gasteiger partial charge in [0.05, 0.1) is 5.69 Å². The molecule has 2 N–H and O–H groups in total. The summed E-state index contributed by atoms with van der Waals surface area (Å²) >= 11 is 1.42. The van der Waals surface area contributed by atoms with Gasteiger partial charge in [0.25, 0.3) is 5.91 Å². The van der Waals surface area contributed by atoms with Gasteiger partial charge in [-0.05, 0) is 25.4 Å². The molecule has 88 valence electrons. The lowest BCUT2D eigenvalue weighted by Crippen LogP contribution is -2.51. The number of nitrogens with zero attached hydrogens (tertiary/aromatic N) is 2. The minimum absolute atomic E-state index is 0.0763. The zero-order chi connectivity index (χ0) is 11.7. The molecular weight excluding hydrogens is 222 g/mol. The largest absolute Gasteiger partial charge is 0.397 e. The zero-order valence-electron chi connectivity index (χ0n) is 9.64. The van der Waals surface area contributed by atoms with E-state index in [4.69, 9.17) is 5.73 Å². The predicted octanol–water partition coefficient (Wildman–Crippen LogP) is 1.11. The van der Waals surface area contributed by atoms with Crippen molar-refractivity contribution in [3.63, 3.8) is 0 Å². The second-order valence-corrected chi connectivity index (χ2v) is 5.20. The molecule has 5 heteroatoms. The summed E-state index contributed by atoms with van der Waals surface area (Å²) in [7, 11) is 2.09. The van der Waals surface area contributed by atoms with Crippen LogP contribution in [0.25, 0.3) is 0 Å². The predicted molar refractivity (Wildman–Crippen MR) is 66.7 cm³/mol. The summed E-state index contributed by atoms with van der Waals surface area (Å²) in [5, 5.41) is 1.86. The molecule has 1 amide bonds. The third kappa shape index (κ3) is 2.05. The number of likely N-dealkylation sites (N-methyl/N-ethyl adjacent to an activating group) is 1. The number of nitrogens with two attached hydrogens (primary N) is 1. The highest BCUT2D eigenvalue weighted by atomic mass is 32.1. The maximum absolute atomic E-state index is 12.2. The van der Waals surface area contributed by atoms with Gasteiger partial charge in [0, 0.05) is 25.7 Å². The average molecular weight is 239 g/mol. The fourth-order valence-electron chi connectivity index (χ4n) is 1.87. The first kappa shape index (κ1) is 11.4. The molecule has 4 nitrogen and oxygen atoms in total. The number of hydrogen-bond acceptors (Lipinski definition) is 4. The van der Waals surface area contributed by atoms with Gasteiger partial charge in [-0.1, -0.05) is 0 Å². The van der Waals surface area contributed by atoms with E-state index in [-0.39, 0.29) is 5.91 Å². The van der Waals surface area contributed by atoms with Gasteiger partial charge in [0.2, 0.25) is 0 Å². The van der Waals surface area contributed by atoms with Gasteiger partial charge in [-0.2, -0.15) is 0 Å². The zero-order valence-corrected chi connectivity index (χ0v) is 10.5. The maximum atomic E-state index is 12.2. The van der Waals surface area contributed by atoms with Crippen LogP contribution in [-0.4, -0.2) is 48.4 Å². The summed E-state index contributed by atoms with van der Waals surface area (Å²) < 4.78 is 0. The van der Waals surface area contributed by atoms with Crippen LogP contribution in [0.2, 0.25) is 0 Å². The third-order valence-electron chi connectivity index (χ3n) is 3.14. The van der Waals surface area contributed by atoms with Gasteiger partial charge in [-0.25, -0.2) is 0 Å². The van der Waals surface area contributed by atoms with E-state index in [0.29, 0.717) is 16.6 Å². The average Bonchev–Trinajstić information content (AvgIpc) is 2.67. The number of carbonyl (C=O) groups is 1. The summed E-state index contributed by atoms with van der Waals surface area (Å²) in [6, 6.07) is 2.20. The van der Waals surface area contributed by atoms with Crippen LogP contribution < -0.4 is 5.73 Å². The topological polar surface area (TPSA) is 49.6 Å². The maximum Gasteiger partial charge on any atom is 0.266 e. The molecule has 1 aromatic heterocycles. The van der Waals surface area contributed by atoms with E-state index in [2.05, 4.69) is 18.9 Å². The van der Waals surface area contributed by atoms with E-state index >= 15 is 0 Å². The van der Waals surface area contributed by atoms with Crippen molar-refractivity contribution in [2.45, 2.75) is 13.0 Å². The molecule has 2 rings (SSSR count). The Morgan fingerprint density at radius 3 is 2.88 bits per heavy atom. The van der Waals surface area contributed by atoms with E-state index in [1.807, 2.05) is 10.3 Å². The van der Waals surface area contributed by atoms with Crippen LogP contribution in [0.4, 0.5) is 5.69 Å². The van der Waals surface area contributed by atoms with E-state index in [0.717, 1.165) is 19.6 Å². The molecule has 1 aromatic rings. The Kier molecular flexibility index (Phi) is 3.16. The van der Waals surface area contributed by atoms with Crippen molar-refractivity contribution in [2.24, 2.45) is 0 Å². The van der Waals surface area contributed by atoms with Crippen molar-refractivity contribution in [2.75, 3.05) is 32.4 Å². The Morgan fingerprint density at radius 2 is 2.31 bits per heavy atom. The molecule has 1 atom stereocenters. The molecular formula is C11H17N3OS. The molecule has 1 aliphatic heterocycles. The van der Waals surface area contributed by atoms with E-state index in [1.54, 1.807) is 6.07 Å². The van der Waals surface area contributed by atoms with Crippen molar-refractivity contribution in [3.8, 4) is 0 Å². The summed E-state index contributed by atoms with van der Waals surface area (Å²) in [5.74, 6) is 0.0763. The molecule has 16 heavy (non-hydrogen) atoms. The van der Waals surface area contributed by atoms with Crippen molar-refractivity contribution >= 4 is 22.9 Å². The first-order valence-corrected chi connectivity index (χ1v) is 6.30. The van der Waals surface area contributed by atoms with Crippen LogP contribution in [0, 0.1) is 0 Å². The standard InChI is InChI=1S/C11H17N3OS/c1-8-7-14(5-4-13(8)2)11(15)10-9(12)3-6-16-10/h3,6,8H,4-5,7,12H2,1-2H3. The molecule has 1 aliphatic rings. The van der Waals surface area contributed by atoms with E-state index in [9.17, 15) is 4.79 Å². The van der Waals surface area contributed by atoms with Crippen molar-refractivity contribution < 1.29 is 4.79 Å². The normalized spacial score (nSPS) is 22.4. The van der Waals surface area contributed by atoms with Gasteiger partial charge in [-0.15, -0.1) is 11.3 Å². The number of hydrogen-bond donors (Lipinski definition) is 1. The van der Waals surface area contributed by atoms with Gasteiger partial charge in [0.15, 0.2) is 0 Å². The monoisotopic (exact) mass is 239 g/mol. The van der Waals surface area contributed by atoms with Gasteiger partial charge >= 0.3 is 0 Å². The number of carbonyl (C=O) groups excluding carboxylic acids is 1. The molecule has 1 saturated heterocycles. The van der Waals surface area contributed by atoms with E-state index in [1.165, 1.54) is 11.3 Å². The molecule has 1 fully saturated rings. The quantitative estimate of drug-likeness (QED) is 0.798. The second-order valence-electron chi connectivity index (χ2n) is 4.29. The third-order valence-corrected chi connectivity index (χ3v) is 4.06. The summed E-state index contributed by atoms with van der Waals surface area (Å²) in [6.07, 6.45) is 0. The fourth-order valence-corrected chi connectivity index (χ4v) is 2.65. The Bertz CT molecular complexity index is 390. The van der Waals surface area contributed by atoms with Gasteiger partial charge in [0.1, 0.15) is 4.88 Å². The smallest absolute Gasteiger partial charge is 0.266 e. The molecule has 1 unspecified atom stereocenters. The summed E-state index contributed by atoms with van der Waals surface area (Å²) in [6.45, 7) is 4.64. The van der Waals surface area contributed by atoms with E-state index < -0.39 is 0 Å². The van der Waals surface area contributed by atoms with Crippen molar-refractivity contribution in [1.29, 1.82) is 0 Å². The molecule has 0 radical (unpaired) electrons. The number of anilines is 1. The Balaban J connectivity index is 2.09. The first-order chi connectivity index (χ1) is 7.59. The number of nitrogen functional groups attached to an aromatic ring is 1. The first-order valence-electron chi connectivity index (χ1n) is 5.42. The molecule has 0 aliphatic carbocycles. The number of thiophene rings is 1. The molecule has 2 heterocycles. The molecule has 0 bridgehead atoms. The van der Waals surface area contributed by atoms with Crippen LogP contribution in [0.1, 0.15) is 16.6 Å². The highest BCUT2D eigenvalue weighted by Crippen LogP contribution is 2.22. The van der Waals surface area contributed by atoms with Crippen LogP contribution in [-0.2, 0) is 0 Å². The second kappa shape index (κ2) is 4.43. The van der Waals surface area contributed by atoms with Crippen LogP contribution >= 0.6 is 11.3 Å². The highest BCUT2D eigenvalue weighted by molar-refractivity contribution is 7.12. The minimum atomic E-state index is 0.0763. The van der Waals surface area contributed by atoms with Crippen molar-refractivity contribution in [1.82, 2.24) is 9.80 Å². The van der Waals surface area contributed by atoms with Gasteiger partial charge in [-0.3, -0.25) is 4.79 Å². The minimum Gasteiger partial charge on any atom is -0.397 e. The number of amides is 1.